The van der Waals surface area contributed by atoms with Crippen molar-refractivity contribution in [2.75, 3.05) is 31.1 Å². The van der Waals surface area contributed by atoms with Gasteiger partial charge in [-0.25, -0.2) is 0 Å². The fourth-order valence-electron chi connectivity index (χ4n) is 4.33. The zero-order chi connectivity index (χ0) is 18.9. The molecule has 0 heterocycles. The second-order valence-electron chi connectivity index (χ2n) is 7.87. The average Bonchev–Trinajstić information content (AvgIpc) is 2.64. The first-order valence-electron chi connectivity index (χ1n) is 10.7. The number of hydrogen-bond acceptors (Lipinski definition) is 2. The van der Waals surface area contributed by atoms with Gasteiger partial charge in [0.25, 0.3) is 0 Å². The Morgan fingerprint density at radius 1 is 1.00 bits per heavy atom. The monoisotopic (exact) mass is 358 g/mol. The van der Waals surface area contributed by atoms with E-state index in [9.17, 15) is 4.79 Å². The number of rotatable bonds is 9. The molecule has 1 aliphatic carbocycles. The molecule has 0 N–H and O–H groups in total. The Labute approximate surface area is 160 Å². The zero-order valence-corrected chi connectivity index (χ0v) is 17.4. The lowest BCUT2D eigenvalue weighted by Crippen LogP contribution is -2.36. The lowest BCUT2D eigenvalue weighted by molar-refractivity contribution is -0.119. The van der Waals surface area contributed by atoms with Crippen molar-refractivity contribution in [3.05, 3.63) is 29.3 Å². The molecule has 1 aliphatic rings. The Morgan fingerprint density at radius 3 is 2.19 bits per heavy atom. The van der Waals surface area contributed by atoms with Crippen molar-refractivity contribution in [3.8, 4) is 0 Å². The van der Waals surface area contributed by atoms with Gasteiger partial charge in [0.05, 0.1) is 0 Å². The predicted molar refractivity (Wildman–Crippen MR) is 112 cm³/mol. The van der Waals surface area contributed by atoms with Gasteiger partial charge in [-0.15, -0.1) is 0 Å². The highest BCUT2D eigenvalue weighted by Crippen LogP contribution is 2.30. The molecule has 0 aromatic heterocycles. The summed E-state index contributed by atoms with van der Waals surface area (Å²) in [7, 11) is 0. The molecule has 3 heteroatoms. The molecule has 0 saturated heterocycles. The van der Waals surface area contributed by atoms with Crippen LogP contribution in [0.4, 0.5) is 5.69 Å². The second kappa shape index (κ2) is 10.7. The van der Waals surface area contributed by atoms with Crippen LogP contribution in [0.3, 0.4) is 0 Å². The molecule has 1 fully saturated rings. The molecular formula is C23H38N2O. The van der Waals surface area contributed by atoms with Crippen LogP contribution in [0.1, 0.15) is 69.9 Å². The van der Waals surface area contributed by atoms with Crippen molar-refractivity contribution < 1.29 is 4.79 Å². The molecule has 0 bridgehead atoms. The first kappa shape index (κ1) is 21.0. The summed E-state index contributed by atoms with van der Waals surface area (Å²) in [6, 6.07) is 6.36. The molecule has 26 heavy (non-hydrogen) atoms. The molecule has 0 atom stereocenters. The summed E-state index contributed by atoms with van der Waals surface area (Å²) >= 11 is 0. The Morgan fingerprint density at radius 2 is 1.62 bits per heavy atom. The van der Waals surface area contributed by atoms with Gasteiger partial charge in [-0.05, 0) is 69.8 Å². The standard InChI is InChI=1S/C23H38N2O/c1-5-24(6-2)16-11-17-25(23-19(3)12-10-13-20(23)4)22(26)18-21-14-8-7-9-15-21/h10,12-13,21H,5-9,11,14-18H2,1-4H3. The normalized spacial score (nSPS) is 15.4. The van der Waals surface area contributed by atoms with Crippen molar-refractivity contribution in [2.45, 2.75) is 72.6 Å². The van der Waals surface area contributed by atoms with E-state index in [0.717, 1.165) is 44.7 Å². The van der Waals surface area contributed by atoms with Crippen molar-refractivity contribution in [3.63, 3.8) is 0 Å². The van der Waals surface area contributed by atoms with Crippen LogP contribution in [0.15, 0.2) is 18.2 Å². The SMILES string of the molecule is CCN(CC)CCCN(C(=O)CC1CCCCC1)c1c(C)cccc1C. The first-order valence-corrected chi connectivity index (χ1v) is 10.7. The third-order valence-electron chi connectivity index (χ3n) is 5.95. The fraction of sp³-hybridized carbons (Fsp3) is 0.696. The minimum absolute atomic E-state index is 0.328. The van der Waals surface area contributed by atoms with Crippen molar-refractivity contribution >= 4 is 11.6 Å². The first-order chi connectivity index (χ1) is 12.6. The van der Waals surface area contributed by atoms with Gasteiger partial charge < -0.3 is 9.80 Å². The second-order valence-corrected chi connectivity index (χ2v) is 7.87. The van der Waals surface area contributed by atoms with Crippen molar-refractivity contribution in [2.24, 2.45) is 5.92 Å². The average molecular weight is 359 g/mol. The molecule has 1 aromatic rings. The van der Waals surface area contributed by atoms with Crippen LogP contribution in [-0.4, -0.2) is 37.0 Å². The number of amides is 1. The Bertz CT molecular complexity index is 539. The van der Waals surface area contributed by atoms with Gasteiger partial charge in [0.15, 0.2) is 0 Å². The summed E-state index contributed by atoms with van der Waals surface area (Å²) in [6.45, 7) is 12.7. The Hall–Kier alpha value is -1.35. The van der Waals surface area contributed by atoms with Crippen LogP contribution in [0.25, 0.3) is 0 Å². The summed E-state index contributed by atoms with van der Waals surface area (Å²) in [6.07, 6.45) is 8.14. The van der Waals surface area contributed by atoms with E-state index in [-0.39, 0.29) is 0 Å². The van der Waals surface area contributed by atoms with Gasteiger partial charge in [-0.1, -0.05) is 51.3 Å². The van der Waals surface area contributed by atoms with E-state index in [0.29, 0.717) is 11.8 Å². The topological polar surface area (TPSA) is 23.6 Å². The van der Waals surface area contributed by atoms with Gasteiger partial charge in [0.2, 0.25) is 5.91 Å². The van der Waals surface area contributed by atoms with Gasteiger partial charge in [0.1, 0.15) is 0 Å². The molecule has 0 unspecified atom stereocenters. The minimum Gasteiger partial charge on any atom is -0.312 e. The van der Waals surface area contributed by atoms with Crippen LogP contribution in [0.2, 0.25) is 0 Å². The molecule has 0 spiro atoms. The van der Waals surface area contributed by atoms with E-state index in [4.69, 9.17) is 0 Å². The number of aryl methyl sites for hydroxylation is 2. The van der Waals surface area contributed by atoms with E-state index in [1.807, 2.05) is 0 Å². The molecular weight excluding hydrogens is 320 g/mol. The predicted octanol–water partition coefficient (Wildman–Crippen LogP) is 5.34. The molecule has 0 aliphatic heterocycles. The minimum atomic E-state index is 0.328. The molecule has 1 aromatic carbocycles. The van der Waals surface area contributed by atoms with E-state index in [2.05, 4.69) is 55.7 Å². The lowest BCUT2D eigenvalue weighted by atomic mass is 9.86. The Kier molecular flexibility index (Phi) is 8.64. The Balaban J connectivity index is 2.11. The molecule has 0 radical (unpaired) electrons. The number of carbonyl (C=O) groups excluding carboxylic acids is 1. The highest BCUT2D eigenvalue weighted by atomic mass is 16.2. The maximum Gasteiger partial charge on any atom is 0.227 e. The molecule has 1 saturated carbocycles. The number of hydrogen-bond donors (Lipinski definition) is 0. The fourth-order valence-corrected chi connectivity index (χ4v) is 4.33. The maximum atomic E-state index is 13.2. The van der Waals surface area contributed by atoms with Crippen LogP contribution < -0.4 is 4.90 Å². The number of anilines is 1. The summed E-state index contributed by atoms with van der Waals surface area (Å²) in [4.78, 5) is 17.8. The van der Waals surface area contributed by atoms with Crippen LogP contribution >= 0.6 is 0 Å². The van der Waals surface area contributed by atoms with Gasteiger partial charge in [-0.2, -0.15) is 0 Å². The molecule has 2 rings (SSSR count). The molecule has 146 valence electrons. The van der Waals surface area contributed by atoms with Gasteiger partial charge >= 0.3 is 0 Å². The van der Waals surface area contributed by atoms with E-state index in [1.165, 1.54) is 43.2 Å². The van der Waals surface area contributed by atoms with Crippen LogP contribution in [0.5, 0.6) is 0 Å². The van der Waals surface area contributed by atoms with Gasteiger partial charge in [0, 0.05) is 18.7 Å². The highest BCUT2D eigenvalue weighted by molar-refractivity contribution is 5.95. The van der Waals surface area contributed by atoms with Gasteiger partial charge in [-0.3, -0.25) is 4.79 Å². The van der Waals surface area contributed by atoms with Crippen molar-refractivity contribution in [1.29, 1.82) is 0 Å². The lowest BCUT2D eigenvalue weighted by Gasteiger charge is -2.30. The number of nitrogens with zero attached hydrogens (tertiary/aromatic N) is 2. The summed E-state index contributed by atoms with van der Waals surface area (Å²) < 4.78 is 0. The smallest absolute Gasteiger partial charge is 0.227 e. The third-order valence-corrected chi connectivity index (χ3v) is 5.95. The maximum absolute atomic E-state index is 13.2. The van der Waals surface area contributed by atoms with E-state index in [1.54, 1.807) is 0 Å². The molecule has 3 nitrogen and oxygen atoms in total. The van der Waals surface area contributed by atoms with E-state index < -0.39 is 0 Å². The van der Waals surface area contributed by atoms with Crippen LogP contribution in [-0.2, 0) is 4.79 Å². The van der Waals surface area contributed by atoms with Crippen molar-refractivity contribution in [1.82, 2.24) is 4.90 Å². The van der Waals surface area contributed by atoms with E-state index >= 15 is 0 Å². The number of carbonyl (C=O) groups is 1. The largest absolute Gasteiger partial charge is 0.312 e. The van der Waals surface area contributed by atoms with Crippen LogP contribution in [0, 0.1) is 19.8 Å². The highest BCUT2D eigenvalue weighted by Gasteiger charge is 2.24. The number of benzene rings is 1. The molecule has 1 amide bonds. The summed E-state index contributed by atoms with van der Waals surface area (Å²) in [5.74, 6) is 0.916. The summed E-state index contributed by atoms with van der Waals surface area (Å²) in [5, 5.41) is 0. The summed E-state index contributed by atoms with van der Waals surface area (Å²) in [5.41, 5.74) is 3.57. The number of para-hydroxylation sites is 1. The quantitative estimate of drug-likeness (QED) is 0.595. The zero-order valence-electron chi connectivity index (χ0n) is 17.4. The third kappa shape index (κ3) is 5.84.